The van der Waals surface area contributed by atoms with Crippen molar-refractivity contribution in [2.75, 3.05) is 63.6 Å². The van der Waals surface area contributed by atoms with Crippen molar-refractivity contribution in [1.82, 2.24) is 24.4 Å². The fourth-order valence-corrected chi connectivity index (χ4v) is 5.60. The molecule has 2 aromatic carbocycles. The SMILES string of the molecule is COc1ccccc1-c1ccc2cnc(Nc3ccc(N4CCCC(C(=O)N5CCN(C)CC5)C4)cc3)nn12.O=C(O)C(F)(F)F. The number of hydrogen-bond acceptors (Lipinski definition) is 8. The number of benzene rings is 2. The van der Waals surface area contributed by atoms with E-state index < -0.39 is 12.1 Å². The highest BCUT2D eigenvalue weighted by atomic mass is 19.4. The van der Waals surface area contributed by atoms with Gasteiger partial charge in [-0.25, -0.2) is 14.3 Å². The fraction of sp³-hybridized carbons (Fsp3) is 0.375. The number of anilines is 3. The molecule has 1 amide bonds. The van der Waals surface area contributed by atoms with Crippen molar-refractivity contribution >= 4 is 34.7 Å². The molecule has 14 heteroatoms. The Kier molecular flexibility index (Phi) is 9.95. The minimum atomic E-state index is -5.08. The molecule has 0 bridgehead atoms. The van der Waals surface area contributed by atoms with Gasteiger partial charge in [-0.2, -0.15) is 13.2 Å². The van der Waals surface area contributed by atoms with Crippen LogP contribution >= 0.6 is 0 Å². The first-order valence-electron chi connectivity index (χ1n) is 14.9. The van der Waals surface area contributed by atoms with Crippen LogP contribution in [0.3, 0.4) is 0 Å². The molecule has 2 aromatic heterocycles. The Hall–Kier alpha value is -4.85. The van der Waals surface area contributed by atoms with Gasteiger partial charge in [0.05, 0.1) is 30.4 Å². The van der Waals surface area contributed by atoms with Gasteiger partial charge in [-0.05, 0) is 68.4 Å². The second kappa shape index (κ2) is 14.1. The van der Waals surface area contributed by atoms with Crippen molar-refractivity contribution in [2.24, 2.45) is 5.92 Å². The molecule has 46 heavy (non-hydrogen) atoms. The van der Waals surface area contributed by atoms with Crippen LogP contribution in [0.25, 0.3) is 16.8 Å². The summed E-state index contributed by atoms with van der Waals surface area (Å²) in [5, 5.41) is 15.2. The first kappa shape index (κ1) is 32.5. The largest absolute Gasteiger partial charge is 0.496 e. The zero-order valence-electron chi connectivity index (χ0n) is 25.6. The first-order valence-corrected chi connectivity index (χ1v) is 14.9. The molecule has 0 saturated carbocycles. The second-order valence-electron chi connectivity index (χ2n) is 11.2. The lowest BCUT2D eigenvalue weighted by atomic mass is 9.95. The number of carbonyl (C=O) groups is 2. The van der Waals surface area contributed by atoms with Gasteiger partial charge in [-0.15, -0.1) is 5.10 Å². The van der Waals surface area contributed by atoms with Crippen LogP contribution in [0, 0.1) is 5.92 Å². The van der Waals surface area contributed by atoms with Crippen LogP contribution in [0.4, 0.5) is 30.5 Å². The summed E-state index contributed by atoms with van der Waals surface area (Å²) in [5.41, 5.74) is 4.86. The van der Waals surface area contributed by atoms with E-state index in [4.69, 9.17) is 19.7 Å². The number of nitrogens with zero attached hydrogens (tertiary/aromatic N) is 6. The zero-order chi connectivity index (χ0) is 32.8. The van der Waals surface area contributed by atoms with E-state index in [1.165, 1.54) is 0 Å². The monoisotopic (exact) mass is 639 g/mol. The third kappa shape index (κ3) is 7.68. The predicted molar refractivity (Wildman–Crippen MR) is 167 cm³/mol. The molecular formula is C32H36F3N7O4. The van der Waals surface area contributed by atoms with Gasteiger partial charge in [0.2, 0.25) is 11.9 Å². The number of halogens is 3. The number of rotatable bonds is 6. The molecule has 2 saturated heterocycles. The Morgan fingerprint density at radius 2 is 1.67 bits per heavy atom. The molecule has 0 spiro atoms. The Balaban J connectivity index is 0.000000537. The van der Waals surface area contributed by atoms with Crippen molar-refractivity contribution in [1.29, 1.82) is 0 Å². The maximum Gasteiger partial charge on any atom is 0.490 e. The summed E-state index contributed by atoms with van der Waals surface area (Å²) >= 11 is 0. The lowest BCUT2D eigenvalue weighted by Gasteiger charge is -2.38. The number of amides is 1. The number of hydrogen-bond donors (Lipinski definition) is 2. The molecule has 6 rings (SSSR count). The van der Waals surface area contributed by atoms with E-state index in [-0.39, 0.29) is 5.92 Å². The van der Waals surface area contributed by atoms with Crippen molar-refractivity contribution in [3.8, 4) is 17.0 Å². The number of nitrogens with one attached hydrogen (secondary N) is 1. The summed E-state index contributed by atoms with van der Waals surface area (Å²) in [7, 11) is 3.79. The van der Waals surface area contributed by atoms with E-state index in [0.29, 0.717) is 11.9 Å². The Morgan fingerprint density at radius 1 is 0.978 bits per heavy atom. The van der Waals surface area contributed by atoms with E-state index in [1.54, 1.807) is 7.11 Å². The zero-order valence-corrected chi connectivity index (χ0v) is 25.6. The third-order valence-electron chi connectivity index (χ3n) is 8.10. The molecule has 2 aliphatic heterocycles. The molecule has 11 nitrogen and oxygen atoms in total. The molecule has 0 radical (unpaired) electrons. The molecule has 2 fully saturated rings. The summed E-state index contributed by atoms with van der Waals surface area (Å²) in [4.78, 5) is 33.3. The maximum atomic E-state index is 13.2. The minimum Gasteiger partial charge on any atom is -0.496 e. The molecule has 2 N–H and O–H groups in total. The summed E-state index contributed by atoms with van der Waals surface area (Å²) in [5.74, 6) is -1.06. The molecule has 1 atom stereocenters. The topological polar surface area (TPSA) is 116 Å². The highest BCUT2D eigenvalue weighted by Gasteiger charge is 2.38. The number of piperazine rings is 1. The van der Waals surface area contributed by atoms with Gasteiger partial charge in [0.25, 0.3) is 0 Å². The van der Waals surface area contributed by atoms with Crippen LogP contribution in [0.1, 0.15) is 12.8 Å². The van der Waals surface area contributed by atoms with Gasteiger partial charge in [0, 0.05) is 56.2 Å². The molecule has 2 aliphatic rings. The van der Waals surface area contributed by atoms with Gasteiger partial charge >= 0.3 is 12.1 Å². The summed E-state index contributed by atoms with van der Waals surface area (Å²) in [6.45, 7) is 5.33. The Morgan fingerprint density at radius 3 is 2.35 bits per heavy atom. The average Bonchev–Trinajstić information content (AvgIpc) is 3.48. The van der Waals surface area contributed by atoms with Gasteiger partial charge < -0.3 is 29.9 Å². The number of aromatic nitrogens is 3. The molecule has 1 unspecified atom stereocenters. The van der Waals surface area contributed by atoms with Gasteiger partial charge in [0.1, 0.15) is 5.75 Å². The molecule has 4 aromatic rings. The third-order valence-corrected chi connectivity index (χ3v) is 8.10. The van der Waals surface area contributed by atoms with E-state index in [0.717, 1.165) is 86.0 Å². The Labute approximate surface area is 264 Å². The average molecular weight is 640 g/mol. The second-order valence-corrected chi connectivity index (χ2v) is 11.2. The lowest BCUT2D eigenvalue weighted by molar-refractivity contribution is -0.192. The maximum absolute atomic E-state index is 13.2. The highest BCUT2D eigenvalue weighted by molar-refractivity contribution is 5.80. The summed E-state index contributed by atoms with van der Waals surface area (Å²) < 4.78 is 39.2. The summed E-state index contributed by atoms with van der Waals surface area (Å²) in [6.07, 6.45) is -1.27. The normalized spacial score (nSPS) is 17.3. The standard InChI is InChI=1S/C30H35N7O2.C2HF3O2/c1-34-16-18-35(19-17-34)29(38)22-6-5-15-36(21-22)24-11-9-23(10-12-24)32-30-31-20-25-13-14-27(37(25)33-30)26-7-3-4-8-28(26)39-2;3-2(4,5)1(6)7/h3-4,7-14,20,22H,5-6,15-19,21H2,1-2H3,(H,32,33);(H,6,7). The van der Waals surface area contributed by atoms with Crippen LogP contribution in [-0.2, 0) is 9.59 Å². The van der Waals surface area contributed by atoms with E-state index >= 15 is 0 Å². The molecule has 4 heterocycles. The quantitative estimate of drug-likeness (QED) is 0.308. The predicted octanol–water partition coefficient (Wildman–Crippen LogP) is 4.77. The molecule has 0 aliphatic carbocycles. The number of carbonyl (C=O) groups excluding carboxylic acids is 1. The van der Waals surface area contributed by atoms with E-state index in [9.17, 15) is 18.0 Å². The van der Waals surface area contributed by atoms with Crippen LogP contribution in [-0.4, -0.2) is 101 Å². The lowest BCUT2D eigenvalue weighted by Crippen LogP contribution is -2.51. The number of para-hydroxylation sites is 1. The molecule has 244 valence electrons. The van der Waals surface area contributed by atoms with E-state index in [1.807, 2.05) is 59.2 Å². The minimum absolute atomic E-state index is 0.0686. The highest BCUT2D eigenvalue weighted by Crippen LogP contribution is 2.31. The van der Waals surface area contributed by atoms with Crippen LogP contribution in [0.15, 0.2) is 66.9 Å². The van der Waals surface area contributed by atoms with E-state index in [2.05, 4.69) is 44.2 Å². The number of fused-ring (bicyclic) bond motifs is 1. The van der Waals surface area contributed by atoms with Crippen LogP contribution in [0.5, 0.6) is 5.75 Å². The smallest absolute Gasteiger partial charge is 0.490 e. The number of aliphatic carboxylic acids is 1. The van der Waals surface area contributed by atoms with Crippen molar-refractivity contribution in [3.05, 3.63) is 66.9 Å². The number of ether oxygens (including phenoxy) is 1. The number of methoxy groups -OCH3 is 1. The van der Waals surface area contributed by atoms with Gasteiger partial charge in [-0.3, -0.25) is 4.79 Å². The number of carboxylic acids is 1. The van der Waals surface area contributed by atoms with Gasteiger partial charge in [0.15, 0.2) is 0 Å². The van der Waals surface area contributed by atoms with Crippen LogP contribution in [0.2, 0.25) is 0 Å². The fourth-order valence-electron chi connectivity index (χ4n) is 5.60. The molecular weight excluding hydrogens is 603 g/mol. The number of alkyl halides is 3. The van der Waals surface area contributed by atoms with Crippen molar-refractivity contribution in [3.63, 3.8) is 0 Å². The number of piperidine rings is 1. The first-order chi connectivity index (χ1) is 22.0. The van der Waals surface area contributed by atoms with Crippen molar-refractivity contribution < 1.29 is 32.6 Å². The number of carboxylic acid groups (broad SMARTS) is 1. The van der Waals surface area contributed by atoms with Crippen LogP contribution < -0.4 is 15.0 Å². The number of likely N-dealkylation sites (N-methyl/N-ethyl adjacent to an activating group) is 1. The Bertz CT molecular complexity index is 1650. The van der Waals surface area contributed by atoms with Gasteiger partial charge in [-0.1, -0.05) is 12.1 Å². The van der Waals surface area contributed by atoms with Crippen molar-refractivity contribution in [2.45, 2.75) is 19.0 Å². The summed E-state index contributed by atoms with van der Waals surface area (Å²) in [6, 6.07) is 20.3.